The Morgan fingerprint density at radius 1 is 0.864 bits per heavy atom. The second kappa shape index (κ2) is 6.50. The molecular formula is C21H25N. The van der Waals surface area contributed by atoms with Crippen molar-refractivity contribution in [1.82, 2.24) is 4.90 Å². The first-order valence-electron chi connectivity index (χ1n) is 8.24. The molecule has 2 aromatic carbocycles. The molecule has 1 fully saturated rings. The zero-order valence-electron chi connectivity index (χ0n) is 13.8. The maximum absolute atomic E-state index is 2.50. The molecule has 1 heterocycles. The summed E-state index contributed by atoms with van der Waals surface area (Å²) in [4.78, 5) is 2.50. The Labute approximate surface area is 134 Å². The van der Waals surface area contributed by atoms with Gasteiger partial charge in [-0.2, -0.15) is 0 Å². The van der Waals surface area contributed by atoms with Crippen LogP contribution in [0.5, 0.6) is 0 Å². The molecule has 1 saturated heterocycles. The van der Waals surface area contributed by atoms with E-state index in [0.29, 0.717) is 12.1 Å². The molecule has 114 valence electrons. The molecular weight excluding hydrogens is 266 g/mol. The first-order valence-corrected chi connectivity index (χ1v) is 8.24. The van der Waals surface area contributed by atoms with E-state index in [9.17, 15) is 0 Å². The Bertz CT molecular complexity index is 601. The van der Waals surface area contributed by atoms with Crippen LogP contribution in [0.25, 0.3) is 5.57 Å². The molecule has 0 bridgehead atoms. The highest BCUT2D eigenvalue weighted by Gasteiger charge is 2.28. The summed E-state index contributed by atoms with van der Waals surface area (Å²) in [6.45, 7) is 4.68. The van der Waals surface area contributed by atoms with Crippen LogP contribution in [0.15, 0.2) is 66.2 Å². The highest BCUT2D eigenvalue weighted by atomic mass is 15.2. The Morgan fingerprint density at radius 3 is 1.86 bits per heavy atom. The summed E-state index contributed by atoms with van der Waals surface area (Å²) >= 11 is 0. The Morgan fingerprint density at radius 2 is 1.36 bits per heavy atom. The van der Waals surface area contributed by atoms with Crippen LogP contribution in [0.1, 0.15) is 37.8 Å². The number of hydrogen-bond donors (Lipinski definition) is 0. The highest BCUT2D eigenvalue weighted by Crippen LogP contribution is 2.35. The fraction of sp³-hybridized carbons (Fsp3) is 0.333. The lowest BCUT2D eigenvalue weighted by molar-refractivity contribution is 0.179. The smallest absolute Gasteiger partial charge is 0.0288 e. The molecule has 0 unspecified atom stereocenters. The lowest BCUT2D eigenvalue weighted by Gasteiger charge is -2.39. The summed E-state index contributed by atoms with van der Waals surface area (Å²) in [6, 6.07) is 22.8. The minimum absolute atomic E-state index is 0.485. The van der Waals surface area contributed by atoms with Crippen molar-refractivity contribution < 1.29 is 0 Å². The lowest BCUT2D eigenvalue weighted by atomic mass is 9.84. The first kappa shape index (κ1) is 15.1. The molecule has 1 heteroatoms. The molecule has 2 atom stereocenters. The van der Waals surface area contributed by atoms with Crippen molar-refractivity contribution in [3.63, 3.8) is 0 Å². The number of nitrogens with zero attached hydrogens (tertiary/aromatic N) is 1. The van der Waals surface area contributed by atoms with Crippen molar-refractivity contribution in [2.24, 2.45) is 0 Å². The number of rotatable bonds is 2. The van der Waals surface area contributed by atoms with Crippen molar-refractivity contribution >= 4 is 5.57 Å². The van der Waals surface area contributed by atoms with Crippen LogP contribution in [0.4, 0.5) is 0 Å². The Balaban J connectivity index is 2.16. The minimum Gasteiger partial charge on any atom is -0.297 e. The number of benzene rings is 2. The summed E-state index contributed by atoms with van der Waals surface area (Å²) in [7, 11) is 2.25. The number of likely N-dealkylation sites (N-methyl/N-ethyl adjacent to an activating group) is 1. The van der Waals surface area contributed by atoms with Gasteiger partial charge >= 0.3 is 0 Å². The van der Waals surface area contributed by atoms with E-state index in [1.54, 1.807) is 5.57 Å². The van der Waals surface area contributed by atoms with Gasteiger partial charge < -0.3 is 0 Å². The van der Waals surface area contributed by atoms with E-state index in [1.165, 1.54) is 29.5 Å². The van der Waals surface area contributed by atoms with Gasteiger partial charge in [-0.3, -0.25) is 4.90 Å². The largest absolute Gasteiger partial charge is 0.297 e. The van der Waals surface area contributed by atoms with Crippen molar-refractivity contribution in [3.05, 3.63) is 77.4 Å². The van der Waals surface area contributed by atoms with E-state index >= 15 is 0 Å². The van der Waals surface area contributed by atoms with Gasteiger partial charge in [-0.1, -0.05) is 60.7 Å². The lowest BCUT2D eigenvalue weighted by Crippen LogP contribution is -2.42. The first-order chi connectivity index (χ1) is 10.7. The number of hydrogen-bond acceptors (Lipinski definition) is 1. The highest BCUT2D eigenvalue weighted by molar-refractivity contribution is 5.82. The Hall–Kier alpha value is -1.86. The fourth-order valence-corrected chi connectivity index (χ4v) is 3.49. The van der Waals surface area contributed by atoms with E-state index < -0.39 is 0 Å². The third-order valence-electron chi connectivity index (χ3n) is 5.09. The molecule has 0 spiro atoms. The second-order valence-electron chi connectivity index (χ2n) is 6.36. The van der Waals surface area contributed by atoms with E-state index in [2.05, 4.69) is 86.5 Å². The van der Waals surface area contributed by atoms with Crippen LogP contribution in [0.3, 0.4) is 0 Å². The zero-order chi connectivity index (χ0) is 15.5. The van der Waals surface area contributed by atoms with Gasteiger partial charge in [0.25, 0.3) is 0 Å². The SMILES string of the molecule is C[C@@H]1CCC(=C(c2ccccc2)c2ccccc2)[C@H](C)N1C. The summed E-state index contributed by atoms with van der Waals surface area (Å²) < 4.78 is 0. The van der Waals surface area contributed by atoms with Gasteiger partial charge in [0, 0.05) is 12.1 Å². The van der Waals surface area contributed by atoms with E-state index in [4.69, 9.17) is 0 Å². The van der Waals surface area contributed by atoms with Crippen LogP contribution >= 0.6 is 0 Å². The topological polar surface area (TPSA) is 3.24 Å². The number of piperidine rings is 1. The molecule has 22 heavy (non-hydrogen) atoms. The molecule has 1 nitrogen and oxygen atoms in total. The third-order valence-corrected chi connectivity index (χ3v) is 5.09. The van der Waals surface area contributed by atoms with E-state index in [1.807, 2.05) is 0 Å². The van der Waals surface area contributed by atoms with E-state index in [-0.39, 0.29) is 0 Å². The molecule has 1 aliphatic rings. The van der Waals surface area contributed by atoms with Gasteiger partial charge in [0.05, 0.1) is 0 Å². The Kier molecular flexibility index (Phi) is 4.44. The van der Waals surface area contributed by atoms with Crippen molar-refractivity contribution in [3.8, 4) is 0 Å². The fourth-order valence-electron chi connectivity index (χ4n) is 3.49. The minimum atomic E-state index is 0.485. The zero-order valence-corrected chi connectivity index (χ0v) is 13.8. The van der Waals surface area contributed by atoms with Gasteiger partial charge in [0.2, 0.25) is 0 Å². The van der Waals surface area contributed by atoms with Crippen LogP contribution in [0, 0.1) is 0 Å². The summed E-state index contributed by atoms with van der Waals surface area (Å²) in [5.74, 6) is 0. The molecule has 0 aromatic heterocycles. The average Bonchev–Trinajstić information content (AvgIpc) is 2.57. The van der Waals surface area contributed by atoms with Crippen LogP contribution < -0.4 is 0 Å². The van der Waals surface area contributed by atoms with Crippen molar-refractivity contribution in [1.29, 1.82) is 0 Å². The van der Waals surface area contributed by atoms with Gasteiger partial charge in [0.1, 0.15) is 0 Å². The van der Waals surface area contributed by atoms with Gasteiger partial charge in [0.15, 0.2) is 0 Å². The van der Waals surface area contributed by atoms with Gasteiger partial charge in [-0.05, 0) is 56.0 Å². The molecule has 0 radical (unpaired) electrons. The molecule has 0 saturated carbocycles. The van der Waals surface area contributed by atoms with E-state index in [0.717, 1.165) is 0 Å². The van der Waals surface area contributed by atoms with Gasteiger partial charge in [-0.15, -0.1) is 0 Å². The average molecular weight is 291 g/mol. The predicted octanol–water partition coefficient (Wildman–Crippen LogP) is 4.99. The maximum Gasteiger partial charge on any atom is 0.0288 e. The number of likely N-dealkylation sites (tertiary alicyclic amines) is 1. The van der Waals surface area contributed by atoms with Crippen molar-refractivity contribution in [2.45, 2.75) is 38.8 Å². The molecule has 2 aromatic rings. The maximum atomic E-state index is 2.50. The van der Waals surface area contributed by atoms with Gasteiger partial charge in [-0.25, -0.2) is 0 Å². The van der Waals surface area contributed by atoms with Crippen molar-refractivity contribution in [2.75, 3.05) is 7.05 Å². The standard InChI is InChI=1S/C21H25N/c1-16-14-15-20(17(2)22(16)3)21(18-10-6-4-7-11-18)19-12-8-5-9-13-19/h4-13,16-17H,14-15H2,1-3H3/t16-,17+/m1/s1. The monoisotopic (exact) mass is 291 g/mol. The molecule has 0 aliphatic carbocycles. The summed E-state index contributed by atoms with van der Waals surface area (Å²) in [5.41, 5.74) is 5.66. The van der Waals surface area contributed by atoms with Crippen LogP contribution in [-0.4, -0.2) is 24.0 Å². The summed E-state index contributed by atoms with van der Waals surface area (Å²) in [6.07, 6.45) is 2.42. The van der Waals surface area contributed by atoms with Crippen LogP contribution in [-0.2, 0) is 0 Å². The molecule has 1 aliphatic heterocycles. The second-order valence-corrected chi connectivity index (χ2v) is 6.36. The normalized spacial score (nSPS) is 22.6. The predicted molar refractivity (Wildman–Crippen MR) is 94.8 cm³/mol. The molecule has 3 rings (SSSR count). The quantitative estimate of drug-likeness (QED) is 0.753. The molecule has 0 amide bonds. The van der Waals surface area contributed by atoms with Crippen LogP contribution in [0.2, 0.25) is 0 Å². The third kappa shape index (κ3) is 2.86. The molecule has 0 N–H and O–H groups in total. The summed E-state index contributed by atoms with van der Waals surface area (Å²) in [5, 5.41) is 0.